The number of hydrogen-bond acceptors (Lipinski definition) is 7. The average molecular weight is 371 g/mol. The van der Waals surface area contributed by atoms with Gasteiger partial charge in [0.1, 0.15) is 5.25 Å². The summed E-state index contributed by atoms with van der Waals surface area (Å²) in [5.74, 6) is 0.983. The molecule has 0 aliphatic heterocycles. The van der Waals surface area contributed by atoms with Gasteiger partial charge in [-0.25, -0.2) is 0 Å². The minimum Gasteiger partial charge on any atom is -0.493 e. The summed E-state index contributed by atoms with van der Waals surface area (Å²) in [6.45, 7) is 0. The number of hydrogen-bond donors (Lipinski definition) is 1. The standard InChI is InChI=1S/C18H17N3O4S/c1-23-13-9-8-12(10-14(13)24-2)17-20-21-18(25-17)26-15(16(19)22)11-6-4-3-5-7-11/h3-10,15H,1-2H3,(H2,19,22). The van der Waals surface area contributed by atoms with Crippen LogP contribution in [0.25, 0.3) is 11.5 Å². The highest BCUT2D eigenvalue weighted by Gasteiger charge is 2.23. The van der Waals surface area contributed by atoms with Crippen molar-refractivity contribution in [2.24, 2.45) is 5.73 Å². The Bertz CT molecular complexity index is 898. The van der Waals surface area contributed by atoms with E-state index in [9.17, 15) is 4.79 Å². The number of amides is 1. The summed E-state index contributed by atoms with van der Waals surface area (Å²) in [6.07, 6.45) is 0. The van der Waals surface area contributed by atoms with Crippen molar-refractivity contribution in [1.29, 1.82) is 0 Å². The minimum atomic E-state index is -0.616. The van der Waals surface area contributed by atoms with Gasteiger partial charge in [-0.05, 0) is 35.5 Å². The van der Waals surface area contributed by atoms with Gasteiger partial charge in [-0.15, -0.1) is 10.2 Å². The summed E-state index contributed by atoms with van der Waals surface area (Å²) in [6, 6.07) is 14.5. The second-order valence-electron chi connectivity index (χ2n) is 5.25. The van der Waals surface area contributed by atoms with Crippen molar-refractivity contribution in [3.05, 3.63) is 54.1 Å². The first kappa shape index (κ1) is 17.8. The van der Waals surface area contributed by atoms with Crippen LogP contribution in [0, 0.1) is 0 Å². The van der Waals surface area contributed by atoms with Gasteiger partial charge in [0.05, 0.1) is 14.2 Å². The molecule has 0 radical (unpaired) electrons. The molecule has 7 nitrogen and oxygen atoms in total. The normalized spacial score (nSPS) is 11.8. The molecule has 8 heteroatoms. The molecule has 3 aromatic rings. The predicted octanol–water partition coefficient (Wildman–Crippen LogP) is 3.07. The third-order valence-electron chi connectivity index (χ3n) is 3.62. The lowest BCUT2D eigenvalue weighted by Gasteiger charge is -2.10. The predicted molar refractivity (Wildman–Crippen MR) is 97.1 cm³/mol. The van der Waals surface area contributed by atoms with Gasteiger partial charge in [-0.2, -0.15) is 0 Å². The second-order valence-corrected chi connectivity index (χ2v) is 6.31. The average Bonchev–Trinajstić information content (AvgIpc) is 3.14. The van der Waals surface area contributed by atoms with Gasteiger partial charge in [-0.3, -0.25) is 4.79 Å². The van der Waals surface area contributed by atoms with E-state index >= 15 is 0 Å². The summed E-state index contributed by atoms with van der Waals surface area (Å²) >= 11 is 1.11. The number of carbonyl (C=O) groups is 1. The van der Waals surface area contributed by atoms with Gasteiger partial charge >= 0.3 is 0 Å². The molecule has 1 atom stereocenters. The van der Waals surface area contributed by atoms with E-state index in [2.05, 4.69) is 10.2 Å². The molecule has 1 heterocycles. The molecule has 1 amide bonds. The summed E-state index contributed by atoms with van der Waals surface area (Å²) < 4.78 is 16.2. The molecule has 0 saturated heterocycles. The van der Waals surface area contributed by atoms with Crippen LogP contribution in [0.2, 0.25) is 0 Å². The monoisotopic (exact) mass is 371 g/mol. The van der Waals surface area contributed by atoms with Crippen LogP contribution in [0.5, 0.6) is 11.5 Å². The van der Waals surface area contributed by atoms with Crippen LogP contribution >= 0.6 is 11.8 Å². The molecule has 0 saturated carbocycles. The van der Waals surface area contributed by atoms with Crippen LogP contribution in [0.3, 0.4) is 0 Å². The highest BCUT2D eigenvalue weighted by molar-refractivity contribution is 8.00. The molecule has 1 aromatic heterocycles. The van der Waals surface area contributed by atoms with Crippen molar-refractivity contribution < 1.29 is 18.7 Å². The van der Waals surface area contributed by atoms with Gasteiger partial charge in [0.25, 0.3) is 5.22 Å². The Morgan fingerprint density at radius 2 is 1.81 bits per heavy atom. The fraction of sp³-hybridized carbons (Fsp3) is 0.167. The number of primary amides is 1. The Morgan fingerprint density at radius 1 is 1.08 bits per heavy atom. The molecule has 1 unspecified atom stereocenters. The zero-order valence-electron chi connectivity index (χ0n) is 14.2. The largest absolute Gasteiger partial charge is 0.493 e. The Morgan fingerprint density at radius 3 is 2.46 bits per heavy atom. The highest BCUT2D eigenvalue weighted by atomic mass is 32.2. The van der Waals surface area contributed by atoms with E-state index in [1.165, 1.54) is 0 Å². The van der Waals surface area contributed by atoms with Crippen molar-refractivity contribution in [3.8, 4) is 23.0 Å². The summed E-state index contributed by atoms with van der Waals surface area (Å²) in [5.41, 5.74) is 6.98. The Labute approximate surface area is 154 Å². The first-order valence-corrected chi connectivity index (χ1v) is 8.57. The fourth-order valence-electron chi connectivity index (χ4n) is 2.36. The molecule has 2 N–H and O–H groups in total. The van der Waals surface area contributed by atoms with Crippen LogP contribution in [-0.2, 0) is 4.79 Å². The molecule has 2 aromatic carbocycles. The fourth-order valence-corrected chi connectivity index (χ4v) is 3.19. The molecule has 0 fully saturated rings. The zero-order valence-corrected chi connectivity index (χ0v) is 15.0. The van der Waals surface area contributed by atoms with Crippen molar-refractivity contribution in [2.75, 3.05) is 14.2 Å². The lowest BCUT2D eigenvalue weighted by molar-refractivity contribution is -0.117. The van der Waals surface area contributed by atoms with Crippen molar-refractivity contribution >= 4 is 17.7 Å². The smallest absolute Gasteiger partial charge is 0.277 e. The number of aromatic nitrogens is 2. The van der Waals surface area contributed by atoms with Crippen molar-refractivity contribution in [2.45, 2.75) is 10.5 Å². The number of carbonyl (C=O) groups excluding carboxylic acids is 1. The molecular formula is C18H17N3O4S. The number of thioether (sulfide) groups is 1. The van der Waals surface area contributed by atoms with Crippen LogP contribution in [-0.4, -0.2) is 30.3 Å². The summed E-state index contributed by atoms with van der Waals surface area (Å²) in [5, 5.41) is 7.68. The third-order valence-corrected chi connectivity index (χ3v) is 4.72. The van der Waals surface area contributed by atoms with Crippen LogP contribution < -0.4 is 15.2 Å². The molecule has 0 bridgehead atoms. The van der Waals surface area contributed by atoms with Gasteiger partial charge < -0.3 is 19.6 Å². The number of benzene rings is 2. The Hall–Kier alpha value is -3.00. The van der Waals surface area contributed by atoms with Crippen LogP contribution in [0.1, 0.15) is 10.8 Å². The Kier molecular flexibility index (Phi) is 5.43. The topological polar surface area (TPSA) is 100 Å². The summed E-state index contributed by atoms with van der Waals surface area (Å²) in [7, 11) is 3.11. The van der Waals surface area contributed by atoms with Crippen molar-refractivity contribution in [3.63, 3.8) is 0 Å². The van der Waals surface area contributed by atoms with Gasteiger partial charge in [0.15, 0.2) is 11.5 Å². The maximum absolute atomic E-state index is 11.8. The molecule has 3 rings (SSSR count). The van der Waals surface area contributed by atoms with E-state index in [1.54, 1.807) is 32.4 Å². The van der Waals surface area contributed by atoms with Gasteiger partial charge in [0.2, 0.25) is 11.8 Å². The maximum Gasteiger partial charge on any atom is 0.277 e. The molecule has 134 valence electrons. The van der Waals surface area contributed by atoms with E-state index in [1.807, 2.05) is 30.3 Å². The number of rotatable bonds is 7. The number of nitrogens with zero attached hydrogens (tertiary/aromatic N) is 2. The highest BCUT2D eigenvalue weighted by Crippen LogP contribution is 2.37. The zero-order chi connectivity index (χ0) is 18.5. The number of nitrogens with two attached hydrogens (primary N) is 1. The van der Waals surface area contributed by atoms with E-state index < -0.39 is 11.2 Å². The molecule has 0 aliphatic rings. The molecule has 0 aliphatic carbocycles. The lowest BCUT2D eigenvalue weighted by atomic mass is 10.1. The molecule has 0 spiro atoms. The molecular weight excluding hydrogens is 354 g/mol. The SMILES string of the molecule is COc1ccc(-c2nnc(SC(C(N)=O)c3ccccc3)o2)cc1OC. The lowest BCUT2D eigenvalue weighted by Crippen LogP contribution is -2.18. The Balaban J connectivity index is 1.84. The van der Waals surface area contributed by atoms with Crippen molar-refractivity contribution in [1.82, 2.24) is 10.2 Å². The minimum absolute atomic E-state index is 0.252. The quantitative estimate of drug-likeness (QED) is 0.637. The molecule has 26 heavy (non-hydrogen) atoms. The van der Waals surface area contributed by atoms with E-state index in [4.69, 9.17) is 19.6 Å². The van der Waals surface area contributed by atoms with Gasteiger partial charge in [-0.1, -0.05) is 30.3 Å². The van der Waals surface area contributed by atoms with Gasteiger partial charge in [0, 0.05) is 5.56 Å². The van der Waals surface area contributed by atoms with E-state index in [0.717, 1.165) is 17.3 Å². The third kappa shape index (κ3) is 3.80. The first-order chi connectivity index (χ1) is 12.6. The van der Waals surface area contributed by atoms with Crippen LogP contribution in [0.15, 0.2) is 58.2 Å². The maximum atomic E-state index is 11.8. The first-order valence-electron chi connectivity index (χ1n) is 7.69. The number of methoxy groups -OCH3 is 2. The van der Waals surface area contributed by atoms with E-state index in [0.29, 0.717) is 23.0 Å². The summed E-state index contributed by atoms with van der Waals surface area (Å²) in [4.78, 5) is 11.8. The number of ether oxygens (including phenoxy) is 2. The van der Waals surface area contributed by atoms with Crippen LogP contribution in [0.4, 0.5) is 0 Å². The second kappa shape index (κ2) is 7.92. The van der Waals surface area contributed by atoms with E-state index in [-0.39, 0.29) is 5.22 Å².